The molecule has 0 saturated carbocycles. The summed E-state index contributed by atoms with van der Waals surface area (Å²) in [5, 5.41) is 20.6. The number of ether oxygens (including phenoxy) is 2. The molecule has 9 heteroatoms. The summed E-state index contributed by atoms with van der Waals surface area (Å²) >= 11 is 0. The summed E-state index contributed by atoms with van der Waals surface area (Å²) in [6.45, 7) is -0.834. The minimum Gasteiger partial charge on any atom is -0.458 e. The van der Waals surface area contributed by atoms with E-state index in [9.17, 15) is 24.8 Å². The van der Waals surface area contributed by atoms with Gasteiger partial charge < -0.3 is 19.5 Å². The lowest BCUT2D eigenvalue weighted by molar-refractivity contribution is -0.384. The number of aliphatic hydroxyl groups is 1. The standard InChI is InChI=1S/C22H22N2O7/c1-23(2)19-5-3-4-16(11-19)20(26)30-14-22(13-25)12-17(21(27)31-22)10-15-6-8-18(9-7-15)24(28)29/h3-11,25H,12-14H2,1-2H3/b17-10+. The molecule has 0 spiro atoms. The third kappa shape index (κ3) is 5.07. The van der Waals surface area contributed by atoms with Gasteiger partial charge in [-0.2, -0.15) is 0 Å². The molecular weight excluding hydrogens is 404 g/mol. The van der Waals surface area contributed by atoms with Crippen LogP contribution < -0.4 is 4.90 Å². The Balaban J connectivity index is 1.71. The molecule has 0 aromatic heterocycles. The van der Waals surface area contributed by atoms with Crippen molar-refractivity contribution < 1.29 is 29.1 Å². The molecule has 0 amide bonds. The van der Waals surface area contributed by atoms with Crippen molar-refractivity contribution in [2.45, 2.75) is 12.0 Å². The second-order valence-electron chi connectivity index (χ2n) is 7.45. The summed E-state index contributed by atoms with van der Waals surface area (Å²) < 4.78 is 10.7. The Bertz CT molecular complexity index is 1030. The molecular formula is C22H22N2O7. The minimum absolute atomic E-state index is 0.0321. The molecule has 1 unspecified atom stereocenters. The van der Waals surface area contributed by atoms with E-state index in [4.69, 9.17) is 9.47 Å². The molecule has 2 aromatic carbocycles. The number of carbonyl (C=O) groups is 2. The van der Waals surface area contributed by atoms with E-state index in [1.807, 2.05) is 25.1 Å². The van der Waals surface area contributed by atoms with E-state index in [0.717, 1.165) is 5.69 Å². The molecule has 1 atom stereocenters. The van der Waals surface area contributed by atoms with Gasteiger partial charge in [-0.15, -0.1) is 0 Å². The first kappa shape index (κ1) is 22.0. The summed E-state index contributed by atoms with van der Waals surface area (Å²) in [5.74, 6) is -1.24. The molecule has 2 aromatic rings. The summed E-state index contributed by atoms with van der Waals surface area (Å²) in [6.07, 6.45) is 1.57. The number of nitro groups is 1. The molecule has 0 radical (unpaired) electrons. The van der Waals surface area contributed by atoms with Crippen molar-refractivity contribution in [2.24, 2.45) is 0 Å². The lowest BCUT2D eigenvalue weighted by Crippen LogP contribution is -2.39. The van der Waals surface area contributed by atoms with E-state index in [2.05, 4.69) is 0 Å². The maximum Gasteiger partial charge on any atom is 0.338 e. The molecule has 31 heavy (non-hydrogen) atoms. The fraction of sp³-hybridized carbons (Fsp3) is 0.273. The Kier molecular flexibility index (Phi) is 6.36. The number of carbonyl (C=O) groups excluding carboxylic acids is 2. The zero-order valence-corrected chi connectivity index (χ0v) is 17.1. The Labute approximate surface area is 178 Å². The first-order chi connectivity index (χ1) is 14.7. The largest absolute Gasteiger partial charge is 0.458 e. The maximum absolute atomic E-state index is 12.4. The van der Waals surface area contributed by atoms with E-state index in [0.29, 0.717) is 11.1 Å². The molecule has 162 valence electrons. The topological polar surface area (TPSA) is 119 Å². The van der Waals surface area contributed by atoms with E-state index >= 15 is 0 Å². The van der Waals surface area contributed by atoms with Crippen molar-refractivity contribution >= 4 is 29.4 Å². The summed E-state index contributed by atoms with van der Waals surface area (Å²) in [5.41, 5.74) is 0.569. The third-order valence-electron chi connectivity index (χ3n) is 4.88. The number of esters is 2. The zero-order chi connectivity index (χ0) is 22.6. The van der Waals surface area contributed by atoms with Crippen molar-refractivity contribution in [2.75, 3.05) is 32.2 Å². The first-order valence-corrected chi connectivity index (χ1v) is 9.47. The number of nitro benzene ring substituents is 1. The molecule has 1 N–H and O–H groups in total. The van der Waals surface area contributed by atoms with Gasteiger partial charge in [0.25, 0.3) is 5.69 Å². The molecule has 1 aliphatic heterocycles. The van der Waals surface area contributed by atoms with Crippen LogP contribution in [0.4, 0.5) is 11.4 Å². The number of anilines is 1. The first-order valence-electron chi connectivity index (χ1n) is 9.47. The highest BCUT2D eigenvalue weighted by Crippen LogP contribution is 2.33. The molecule has 1 aliphatic rings. The normalized spacial score (nSPS) is 19.2. The molecule has 9 nitrogen and oxygen atoms in total. The zero-order valence-electron chi connectivity index (χ0n) is 17.1. The van der Waals surface area contributed by atoms with Crippen molar-refractivity contribution in [3.05, 3.63) is 75.3 Å². The highest BCUT2D eigenvalue weighted by atomic mass is 16.6. The number of hydrogen-bond acceptors (Lipinski definition) is 8. The Morgan fingerprint density at radius 3 is 2.61 bits per heavy atom. The Morgan fingerprint density at radius 2 is 2.00 bits per heavy atom. The van der Waals surface area contributed by atoms with Gasteiger partial charge in [0.15, 0.2) is 5.60 Å². The average molecular weight is 426 g/mol. The lowest BCUT2D eigenvalue weighted by atomic mass is 9.98. The Morgan fingerprint density at radius 1 is 1.29 bits per heavy atom. The molecule has 1 saturated heterocycles. The Hall–Kier alpha value is -3.72. The number of rotatable bonds is 7. The van der Waals surface area contributed by atoms with Crippen molar-refractivity contribution in [1.82, 2.24) is 0 Å². The monoisotopic (exact) mass is 426 g/mol. The summed E-state index contributed by atoms with van der Waals surface area (Å²) in [6, 6.07) is 12.5. The quantitative estimate of drug-likeness (QED) is 0.311. The van der Waals surface area contributed by atoms with Gasteiger partial charge in [0.2, 0.25) is 0 Å². The molecule has 1 heterocycles. The average Bonchev–Trinajstić information content (AvgIpc) is 3.08. The number of cyclic esters (lactones) is 1. The van der Waals surface area contributed by atoms with Crippen LogP contribution in [0.3, 0.4) is 0 Å². The van der Waals surface area contributed by atoms with Crippen molar-refractivity contribution in [3.63, 3.8) is 0 Å². The summed E-state index contributed by atoms with van der Waals surface area (Å²) in [4.78, 5) is 36.8. The predicted octanol–water partition coefficient (Wildman–Crippen LogP) is 2.58. The highest BCUT2D eigenvalue weighted by molar-refractivity contribution is 5.96. The predicted molar refractivity (Wildman–Crippen MR) is 113 cm³/mol. The van der Waals surface area contributed by atoms with Crippen LogP contribution in [0.1, 0.15) is 22.3 Å². The van der Waals surface area contributed by atoms with Crippen LogP contribution in [0.5, 0.6) is 0 Å². The molecule has 0 bridgehead atoms. The molecule has 3 rings (SSSR count). The summed E-state index contributed by atoms with van der Waals surface area (Å²) in [7, 11) is 3.70. The number of nitrogens with zero attached hydrogens (tertiary/aromatic N) is 2. The van der Waals surface area contributed by atoms with Gasteiger partial charge in [-0.05, 0) is 42.0 Å². The van der Waals surface area contributed by atoms with Gasteiger partial charge in [-0.25, -0.2) is 9.59 Å². The number of aliphatic hydroxyl groups excluding tert-OH is 1. The number of non-ortho nitro benzene ring substituents is 1. The van der Waals surface area contributed by atoms with E-state index in [1.54, 1.807) is 18.2 Å². The SMILES string of the molecule is CN(C)c1cccc(C(=O)OCC2(CO)C/C(=C\c3ccc([N+](=O)[O-])cc3)C(=O)O2)c1. The van der Waals surface area contributed by atoms with Gasteiger partial charge in [0.1, 0.15) is 6.61 Å². The van der Waals surface area contributed by atoms with E-state index < -0.39 is 29.1 Å². The smallest absolute Gasteiger partial charge is 0.338 e. The third-order valence-corrected chi connectivity index (χ3v) is 4.88. The van der Waals surface area contributed by atoms with Crippen LogP contribution in [-0.2, 0) is 14.3 Å². The fourth-order valence-corrected chi connectivity index (χ4v) is 3.13. The van der Waals surface area contributed by atoms with Crippen LogP contribution in [-0.4, -0.2) is 54.9 Å². The minimum atomic E-state index is -1.38. The van der Waals surface area contributed by atoms with Crippen molar-refractivity contribution in [1.29, 1.82) is 0 Å². The van der Waals surface area contributed by atoms with Crippen LogP contribution >= 0.6 is 0 Å². The second-order valence-corrected chi connectivity index (χ2v) is 7.45. The van der Waals surface area contributed by atoms with Gasteiger partial charge in [0.05, 0.1) is 17.1 Å². The molecule has 0 aliphatic carbocycles. The highest BCUT2D eigenvalue weighted by Gasteiger charge is 2.44. The number of hydrogen-bond donors (Lipinski definition) is 1. The van der Waals surface area contributed by atoms with E-state index in [1.165, 1.54) is 30.3 Å². The van der Waals surface area contributed by atoms with Gasteiger partial charge in [-0.1, -0.05) is 6.07 Å². The van der Waals surface area contributed by atoms with Crippen LogP contribution in [0, 0.1) is 10.1 Å². The van der Waals surface area contributed by atoms with Crippen LogP contribution in [0.25, 0.3) is 6.08 Å². The van der Waals surface area contributed by atoms with Gasteiger partial charge in [-0.3, -0.25) is 10.1 Å². The van der Waals surface area contributed by atoms with Gasteiger partial charge in [0, 0.05) is 43.9 Å². The van der Waals surface area contributed by atoms with Gasteiger partial charge >= 0.3 is 11.9 Å². The van der Waals surface area contributed by atoms with Crippen LogP contribution in [0.15, 0.2) is 54.1 Å². The van der Waals surface area contributed by atoms with Crippen LogP contribution in [0.2, 0.25) is 0 Å². The number of benzene rings is 2. The maximum atomic E-state index is 12.4. The van der Waals surface area contributed by atoms with E-state index in [-0.39, 0.29) is 24.3 Å². The molecule has 1 fully saturated rings. The second kappa shape index (κ2) is 8.97. The fourth-order valence-electron chi connectivity index (χ4n) is 3.13. The lowest BCUT2D eigenvalue weighted by Gasteiger charge is -2.24. The van der Waals surface area contributed by atoms with Crippen molar-refractivity contribution in [3.8, 4) is 0 Å².